The number of rotatable bonds is 6. The summed E-state index contributed by atoms with van der Waals surface area (Å²) in [7, 11) is 0. The number of benzene rings is 2. The molecule has 5 nitrogen and oxygen atoms in total. The third-order valence-corrected chi connectivity index (χ3v) is 3.88. The number of nitrogens with zero attached hydrogens (tertiary/aromatic N) is 1. The largest absolute Gasteiger partial charge is 0.352 e. The van der Waals surface area contributed by atoms with Crippen LogP contribution in [0.5, 0.6) is 0 Å². The first-order chi connectivity index (χ1) is 13.1. The third-order valence-electron chi connectivity index (χ3n) is 3.88. The van der Waals surface area contributed by atoms with Gasteiger partial charge in [0.25, 0.3) is 5.91 Å². The molecule has 2 N–H and O–H groups in total. The molecular weight excluding hydrogens is 345 g/mol. The van der Waals surface area contributed by atoms with E-state index in [2.05, 4.69) is 15.6 Å². The number of aromatic nitrogens is 1. The Morgan fingerprint density at radius 1 is 0.963 bits per heavy atom. The van der Waals surface area contributed by atoms with Gasteiger partial charge in [0.2, 0.25) is 5.91 Å². The van der Waals surface area contributed by atoms with Crippen LogP contribution >= 0.6 is 0 Å². The van der Waals surface area contributed by atoms with E-state index >= 15 is 0 Å². The fourth-order valence-corrected chi connectivity index (χ4v) is 2.50. The molecule has 0 spiro atoms. The molecule has 0 unspecified atom stereocenters. The normalized spacial score (nSPS) is 10.3. The highest BCUT2D eigenvalue weighted by molar-refractivity contribution is 6.04. The molecule has 136 valence electrons. The lowest BCUT2D eigenvalue weighted by molar-refractivity contribution is -0.120. The average Bonchev–Trinajstić information content (AvgIpc) is 2.68. The Bertz CT molecular complexity index is 928. The van der Waals surface area contributed by atoms with Crippen LogP contribution in [0.25, 0.3) is 0 Å². The molecule has 0 radical (unpaired) electrons. The minimum atomic E-state index is -0.357. The summed E-state index contributed by atoms with van der Waals surface area (Å²) in [5.74, 6) is -0.780. The molecular formula is C21H18FN3O2. The molecule has 2 aromatic carbocycles. The number of hydrogen-bond acceptors (Lipinski definition) is 3. The van der Waals surface area contributed by atoms with E-state index in [4.69, 9.17) is 0 Å². The first-order valence-electron chi connectivity index (χ1n) is 8.41. The van der Waals surface area contributed by atoms with Gasteiger partial charge in [-0.1, -0.05) is 24.3 Å². The van der Waals surface area contributed by atoms with Gasteiger partial charge in [0.1, 0.15) is 5.82 Å². The number of amides is 2. The van der Waals surface area contributed by atoms with E-state index in [1.165, 1.54) is 18.3 Å². The molecule has 2 amide bonds. The first-order valence-corrected chi connectivity index (χ1v) is 8.41. The summed E-state index contributed by atoms with van der Waals surface area (Å²) in [6, 6.07) is 16.5. The summed E-state index contributed by atoms with van der Waals surface area (Å²) in [6.07, 6.45) is 3.23. The van der Waals surface area contributed by atoms with Crippen LogP contribution < -0.4 is 10.6 Å². The zero-order chi connectivity index (χ0) is 19.1. The summed E-state index contributed by atoms with van der Waals surface area (Å²) in [5, 5.41) is 5.58. The quantitative estimate of drug-likeness (QED) is 0.706. The van der Waals surface area contributed by atoms with E-state index in [-0.39, 0.29) is 24.1 Å². The zero-order valence-electron chi connectivity index (χ0n) is 14.5. The van der Waals surface area contributed by atoms with Gasteiger partial charge in [0, 0.05) is 24.6 Å². The van der Waals surface area contributed by atoms with Gasteiger partial charge >= 0.3 is 0 Å². The minimum Gasteiger partial charge on any atom is -0.352 e. The molecule has 1 aromatic heterocycles. The number of pyridine rings is 1. The van der Waals surface area contributed by atoms with E-state index < -0.39 is 0 Å². The SMILES string of the molecule is O=C(Cc1cccc(F)c1)NCc1ccc(NC(=O)c2cccnc2)cc1. The van der Waals surface area contributed by atoms with E-state index in [0.29, 0.717) is 23.4 Å². The highest BCUT2D eigenvalue weighted by Crippen LogP contribution is 2.11. The number of anilines is 1. The molecule has 3 aromatic rings. The van der Waals surface area contributed by atoms with Gasteiger partial charge in [-0.25, -0.2) is 4.39 Å². The van der Waals surface area contributed by atoms with Gasteiger partial charge in [-0.2, -0.15) is 0 Å². The van der Waals surface area contributed by atoms with Gasteiger partial charge in [-0.3, -0.25) is 14.6 Å². The van der Waals surface area contributed by atoms with Crippen LogP contribution in [-0.2, 0) is 17.8 Å². The molecule has 0 saturated carbocycles. The van der Waals surface area contributed by atoms with E-state index in [0.717, 1.165) is 5.56 Å². The van der Waals surface area contributed by atoms with Gasteiger partial charge in [-0.15, -0.1) is 0 Å². The summed E-state index contributed by atoms with van der Waals surface area (Å²) >= 11 is 0. The second-order valence-corrected chi connectivity index (χ2v) is 5.98. The predicted octanol–water partition coefficient (Wildman–Crippen LogP) is 3.33. The first kappa shape index (κ1) is 18.3. The lowest BCUT2D eigenvalue weighted by Crippen LogP contribution is -2.24. The Morgan fingerprint density at radius 2 is 1.78 bits per heavy atom. The topological polar surface area (TPSA) is 71.1 Å². The standard InChI is InChI=1S/C21H18FN3O2/c22-18-5-1-3-16(11-18)12-20(26)24-13-15-6-8-19(9-7-15)25-21(27)17-4-2-10-23-14-17/h1-11,14H,12-13H2,(H,24,26)(H,25,27). The summed E-state index contributed by atoms with van der Waals surface area (Å²) < 4.78 is 13.1. The highest BCUT2D eigenvalue weighted by atomic mass is 19.1. The second-order valence-electron chi connectivity index (χ2n) is 5.98. The molecule has 1 heterocycles. The molecule has 0 fully saturated rings. The van der Waals surface area contributed by atoms with Crippen molar-refractivity contribution in [3.63, 3.8) is 0 Å². The van der Waals surface area contributed by atoms with Crippen molar-refractivity contribution in [1.29, 1.82) is 0 Å². The summed E-state index contributed by atoms with van der Waals surface area (Å²) in [4.78, 5) is 28.0. The third kappa shape index (κ3) is 5.47. The molecule has 3 rings (SSSR count). The molecule has 0 aliphatic rings. The van der Waals surface area contributed by atoms with Crippen LogP contribution in [0.1, 0.15) is 21.5 Å². The maximum Gasteiger partial charge on any atom is 0.257 e. The van der Waals surface area contributed by atoms with Crippen LogP contribution in [0.2, 0.25) is 0 Å². The van der Waals surface area contributed by atoms with Crippen LogP contribution in [0.4, 0.5) is 10.1 Å². The van der Waals surface area contributed by atoms with Gasteiger partial charge in [0.05, 0.1) is 12.0 Å². The Hall–Kier alpha value is -3.54. The molecule has 0 atom stereocenters. The van der Waals surface area contributed by atoms with E-state index in [9.17, 15) is 14.0 Å². The van der Waals surface area contributed by atoms with Crippen molar-refractivity contribution < 1.29 is 14.0 Å². The second kappa shape index (κ2) is 8.71. The Morgan fingerprint density at radius 3 is 2.48 bits per heavy atom. The molecule has 0 aliphatic heterocycles. The summed E-state index contributed by atoms with van der Waals surface area (Å²) in [6.45, 7) is 0.352. The lowest BCUT2D eigenvalue weighted by Gasteiger charge is -2.08. The van der Waals surface area contributed by atoms with Crippen molar-refractivity contribution in [2.24, 2.45) is 0 Å². The Labute approximate surface area is 156 Å². The number of hydrogen-bond donors (Lipinski definition) is 2. The highest BCUT2D eigenvalue weighted by Gasteiger charge is 2.07. The molecule has 27 heavy (non-hydrogen) atoms. The van der Waals surface area contributed by atoms with Crippen LogP contribution in [0.3, 0.4) is 0 Å². The minimum absolute atomic E-state index is 0.122. The predicted molar refractivity (Wildman–Crippen MR) is 101 cm³/mol. The Balaban J connectivity index is 1.50. The molecule has 0 aliphatic carbocycles. The lowest BCUT2D eigenvalue weighted by atomic mass is 10.1. The smallest absolute Gasteiger partial charge is 0.257 e. The van der Waals surface area contributed by atoms with Gasteiger partial charge in [0.15, 0.2) is 0 Å². The summed E-state index contributed by atoms with van der Waals surface area (Å²) in [5.41, 5.74) is 2.65. The average molecular weight is 363 g/mol. The van der Waals surface area contributed by atoms with Gasteiger partial charge in [-0.05, 0) is 47.5 Å². The van der Waals surface area contributed by atoms with Crippen molar-refractivity contribution in [1.82, 2.24) is 10.3 Å². The number of carbonyl (C=O) groups is 2. The fourth-order valence-electron chi connectivity index (χ4n) is 2.50. The maximum atomic E-state index is 13.1. The van der Waals surface area contributed by atoms with Crippen LogP contribution in [0.15, 0.2) is 73.1 Å². The van der Waals surface area contributed by atoms with Crippen molar-refractivity contribution in [2.75, 3.05) is 5.32 Å². The van der Waals surface area contributed by atoms with Crippen LogP contribution in [-0.4, -0.2) is 16.8 Å². The molecule has 0 bridgehead atoms. The number of halogens is 1. The van der Waals surface area contributed by atoms with Crippen molar-refractivity contribution in [2.45, 2.75) is 13.0 Å². The Kier molecular flexibility index (Phi) is 5.89. The fraction of sp³-hybridized carbons (Fsp3) is 0.0952. The van der Waals surface area contributed by atoms with Crippen molar-refractivity contribution in [3.8, 4) is 0 Å². The van der Waals surface area contributed by atoms with Crippen molar-refractivity contribution >= 4 is 17.5 Å². The number of carbonyl (C=O) groups excluding carboxylic acids is 2. The van der Waals surface area contributed by atoms with Gasteiger partial charge < -0.3 is 10.6 Å². The van der Waals surface area contributed by atoms with E-state index in [1.54, 1.807) is 42.6 Å². The monoisotopic (exact) mass is 363 g/mol. The van der Waals surface area contributed by atoms with E-state index in [1.807, 2.05) is 12.1 Å². The number of nitrogens with one attached hydrogen (secondary N) is 2. The molecule has 0 saturated heterocycles. The van der Waals surface area contributed by atoms with Crippen LogP contribution in [0, 0.1) is 5.82 Å². The molecule has 6 heteroatoms. The zero-order valence-corrected chi connectivity index (χ0v) is 14.5. The maximum absolute atomic E-state index is 13.1. The van der Waals surface area contributed by atoms with Crippen molar-refractivity contribution in [3.05, 3.63) is 95.6 Å².